The van der Waals surface area contributed by atoms with Crippen molar-refractivity contribution in [2.24, 2.45) is 23.7 Å². The Labute approximate surface area is 100 Å². The van der Waals surface area contributed by atoms with Crippen molar-refractivity contribution in [3.63, 3.8) is 0 Å². The molecular weight excluding hydrogens is 216 g/mol. The molecule has 16 heavy (non-hydrogen) atoms. The molecule has 86 valence electrons. The van der Waals surface area contributed by atoms with Gasteiger partial charge in [0.25, 0.3) is 0 Å². The Hall–Kier alpha value is -0.340. The maximum absolute atomic E-state index is 11.0. The maximum Gasteiger partial charge on any atom is 0.102 e. The van der Waals surface area contributed by atoms with Crippen molar-refractivity contribution >= 4 is 11.3 Å². The van der Waals surface area contributed by atoms with Gasteiger partial charge in [0.1, 0.15) is 5.60 Å². The van der Waals surface area contributed by atoms with Crippen molar-refractivity contribution in [2.75, 3.05) is 0 Å². The third-order valence-corrected chi connectivity index (χ3v) is 6.48. The fraction of sp³-hybridized carbons (Fsp3) is 0.714. The van der Waals surface area contributed by atoms with Gasteiger partial charge in [0, 0.05) is 4.88 Å². The predicted molar refractivity (Wildman–Crippen MR) is 65.3 cm³/mol. The summed E-state index contributed by atoms with van der Waals surface area (Å²) >= 11 is 1.74. The van der Waals surface area contributed by atoms with E-state index in [1.54, 1.807) is 11.3 Å². The van der Waals surface area contributed by atoms with E-state index in [-0.39, 0.29) is 0 Å². The lowest BCUT2D eigenvalue weighted by Gasteiger charge is -2.38. The molecule has 0 spiro atoms. The highest BCUT2D eigenvalue weighted by Crippen LogP contribution is 2.65. The molecular formula is C14H18OS. The van der Waals surface area contributed by atoms with E-state index in [1.807, 2.05) is 0 Å². The molecule has 0 radical (unpaired) electrons. The summed E-state index contributed by atoms with van der Waals surface area (Å²) in [6, 6.07) is 4.21. The highest BCUT2D eigenvalue weighted by molar-refractivity contribution is 7.10. The summed E-state index contributed by atoms with van der Waals surface area (Å²) in [7, 11) is 0. The minimum Gasteiger partial charge on any atom is -0.384 e. The Kier molecular flexibility index (Phi) is 1.88. The lowest BCUT2D eigenvalue weighted by molar-refractivity contribution is -0.0482. The topological polar surface area (TPSA) is 20.2 Å². The Morgan fingerprint density at radius 1 is 1.31 bits per heavy atom. The first-order valence-electron chi connectivity index (χ1n) is 6.55. The molecule has 1 aromatic heterocycles. The summed E-state index contributed by atoms with van der Waals surface area (Å²) in [6.45, 7) is 0. The van der Waals surface area contributed by atoms with Gasteiger partial charge in [-0.15, -0.1) is 11.3 Å². The summed E-state index contributed by atoms with van der Waals surface area (Å²) in [5.74, 6) is 3.20. The molecule has 3 aliphatic rings. The molecule has 3 saturated carbocycles. The Morgan fingerprint density at radius 2 is 2.19 bits per heavy atom. The number of hydrogen-bond acceptors (Lipinski definition) is 2. The monoisotopic (exact) mass is 234 g/mol. The predicted octanol–water partition coefficient (Wildman–Crippen LogP) is 3.39. The lowest BCUT2D eigenvalue weighted by atomic mass is 9.72. The van der Waals surface area contributed by atoms with E-state index >= 15 is 0 Å². The van der Waals surface area contributed by atoms with Gasteiger partial charge in [-0.25, -0.2) is 0 Å². The Bertz CT molecular complexity index is 399. The SMILES string of the molecule is OC1(c2cccs2)CC2CC1C1CCCC21. The van der Waals surface area contributed by atoms with Crippen LogP contribution >= 0.6 is 11.3 Å². The molecule has 0 amide bonds. The van der Waals surface area contributed by atoms with E-state index in [0.29, 0.717) is 5.92 Å². The minimum absolute atomic E-state index is 0.454. The molecule has 4 rings (SSSR count). The van der Waals surface area contributed by atoms with Crippen LogP contribution in [0.3, 0.4) is 0 Å². The molecule has 0 saturated heterocycles. The summed E-state index contributed by atoms with van der Waals surface area (Å²) < 4.78 is 0. The largest absolute Gasteiger partial charge is 0.384 e. The van der Waals surface area contributed by atoms with Crippen molar-refractivity contribution in [1.29, 1.82) is 0 Å². The highest BCUT2D eigenvalue weighted by Gasteiger charge is 2.61. The molecule has 1 N–H and O–H groups in total. The van der Waals surface area contributed by atoms with Gasteiger partial charge in [-0.1, -0.05) is 12.5 Å². The first-order chi connectivity index (χ1) is 7.79. The first kappa shape index (κ1) is 9.67. The zero-order valence-corrected chi connectivity index (χ0v) is 10.2. The van der Waals surface area contributed by atoms with Gasteiger partial charge in [0.15, 0.2) is 0 Å². The van der Waals surface area contributed by atoms with E-state index < -0.39 is 5.60 Å². The smallest absolute Gasteiger partial charge is 0.102 e. The Morgan fingerprint density at radius 3 is 3.00 bits per heavy atom. The van der Waals surface area contributed by atoms with E-state index in [0.717, 1.165) is 24.2 Å². The molecule has 5 atom stereocenters. The van der Waals surface area contributed by atoms with Gasteiger partial charge >= 0.3 is 0 Å². The highest BCUT2D eigenvalue weighted by atomic mass is 32.1. The number of rotatable bonds is 1. The van der Waals surface area contributed by atoms with Crippen molar-refractivity contribution in [3.05, 3.63) is 22.4 Å². The summed E-state index contributed by atoms with van der Waals surface area (Å²) in [5.41, 5.74) is -0.454. The molecule has 3 fully saturated rings. The van der Waals surface area contributed by atoms with Crippen LogP contribution in [0.15, 0.2) is 17.5 Å². The second-order valence-corrected chi connectivity index (χ2v) is 6.91. The zero-order chi connectivity index (χ0) is 10.8. The van der Waals surface area contributed by atoms with E-state index in [4.69, 9.17) is 0 Å². The summed E-state index contributed by atoms with van der Waals surface area (Å²) in [6.07, 6.45) is 6.55. The standard InChI is InChI=1S/C14H18OS/c15-14(13-5-2-6-16-13)8-9-7-12(14)11-4-1-3-10(9)11/h2,5-6,9-12,15H,1,3-4,7-8H2. The average molecular weight is 234 g/mol. The molecule has 2 bridgehead atoms. The molecule has 0 aromatic carbocycles. The molecule has 1 nitrogen and oxygen atoms in total. The van der Waals surface area contributed by atoms with Crippen molar-refractivity contribution in [1.82, 2.24) is 0 Å². The molecule has 3 aliphatic carbocycles. The van der Waals surface area contributed by atoms with Crippen LogP contribution in [0.4, 0.5) is 0 Å². The van der Waals surface area contributed by atoms with E-state index in [1.165, 1.54) is 30.6 Å². The zero-order valence-electron chi connectivity index (χ0n) is 9.43. The van der Waals surface area contributed by atoms with Crippen LogP contribution in [-0.2, 0) is 5.60 Å². The van der Waals surface area contributed by atoms with Gasteiger partial charge in [-0.05, 0) is 60.8 Å². The lowest BCUT2D eigenvalue weighted by Crippen LogP contribution is -2.38. The van der Waals surface area contributed by atoms with Crippen LogP contribution in [-0.4, -0.2) is 5.11 Å². The second-order valence-electron chi connectivity index (χ2n) is 5.97. The van der Waals surface area contributed by atoms with Gasteiger partial charge in [0.05, 0.1) is 0 Å². The summed E-state index contributed by atoms with van der Waals surface area (Å²) in [5, 5.41) is 13.1. The normalized spacial score (nSPS) is 49.8. The van der Waals surface area contributed by atoms with Crippen molar-refractivity contribution in [3.8, 4) is 0 Å². The molecule has 1 aromatic rings. The molecule has 2 heteroatoms. The third kappa shape index (κ3) is 1.05. The van der Waals surface area contributed by atoms with Gasteiger partial charge in [-0.2, -0.15) is 0 Å². The number of hydrogen-bond donors (Lipinski definition) is 1. The van der Waals surface area contributed by atoms with Gasteiger partial charge in [-0.3, -0.25) is 0 Å². The van der Waals surface area contributed by atoms with Crippen LogP contribution in [0.2, 0.25) is 0 Å². The van der Waals surface area contributed by atoms with Crippen LogP contribution in [0.5, 0.6) is 0 Å². The number of thiophene rings is 1. The van der Waals surface area contributed by atoms with Crippen LogP contribution in [0.25, 0.3) is 0 Å². The van der Waals surface area contributed by atoms with Crippen molar-refractivity contribution < 1.29 is 5.11 Å². The van der Waals surface area contributed by atoms with Crippen LogP contribution < -0.4 is 0 Å². The molecule has 0 aliphatic heterocycles. The first-order valence-corrected chi connectivity index (χ1v) is 7.43. The third-order valence-electron chi connectivity index (χ3n) is 5.44. The minimum atomic E-state index is -0.454. The summed E-state index contributed by atoms with van der Waals surface area (Å²) in [4.78, 5) is 1.23. The quantitative estimate of drug-likeness (QED) is 0.789. The van der Waals surface area contributed by atoms with Gasteiger partial charge in [0.2, 0.25) is 0 Å². The average Bonchev–Trinajstić information content (AvgIpc) is 3.00. The Balaban J connectivity index is 1.74. The van der Waals surface area contributed by atoms with Crippen LogP contribution in [0, 0.1) is 23.7 Å². The second kappa shape index (κ2) is 3.11. The van der Waals surface area contributed by atoms with Crippen LogP contribution in [0.1, 0.15) is 37.0 Å². The maximum atomic E-state index is 11.0. The number of fused-ring (bicyclic) bond motifs is 5. The fourth-order valence-electron chi connectivity index (χ4n) is 4.92. The fourth-order valence-corrected chi connectivity index (χ4v) is 5.82. The van der Waals surface area contributed by atoms with E-state index in [2.05, 4.69) is 17.5 Å². The van der Waals surface area contributed by atoms with Gasteiger partial charge < -0.3 is 5.11 Å². The van der Waals surface area contributed by atoms with Crippen molar-refractivity contribution in [2.45, 2.75) is 37.7 Å². The molecule has 5 unspecified atom stereocenters. The van der Waals surface area contributed by atoms with E-state index in [9.17, 15) is 5.11 Å². The molecule has 1 heterocycles. The number of aliphatic hydroxyl groups is 1.